The van der Waals surface area contributed by atoms with Gasteiger partial charge in [-0.3, -0.25) is 0 Å². The van der Waals surface area contributed by atoms with Crippen molar-refractivity contribution in [3.63, 3.8) is 0 Å². The molecule has 1 fully saturated rings. The Morgan fingerprint density at radius 1 is 1.39 bits per heavy atom. The quantitative estimate of drug-likeness (QED) is 0.802. The average molecular weight is 244 g/mol. The molecule has 96 valence electrons. The van der Waals surface area contributed by atoms with E-state index in [1.54, 1.807) is 0 Å². The highest BCUT2D eigenvalue weighted by Gasteiger charge is 2.39. The molecule has 0 atom stereocenters. The Labute approximate surface area is 109 Å². The van der Waals surface area contributed by atoms with Gasteiger partial charge in [-0.1, -0.05) is 25.1 Å². The van der Waals surface area contributed by atoms with Gasteiger partial charge in [0.25, 0.3) is 0 Å². The largest absolute Gasteiger partial charge is 0.478 e. The smallest absolute Gasteiger partial charge is 0.174 e. The molecule has 2 rings (SSSR count). The van der Waals surface area contributed by atoms with Crippen LogP contribution < -0.4 is 10.1 Å². The van der Waals surface area contributed by atoms with Crippen molar-refractivity contribution in [3.05, 3.63) is 29.8 Å². The number of benzene rings is 1. The fourth-order valence-electron chi connectivity index (χ4n) is 2.20. The first kappa shape index (κ1) is 12.9. The van der Waals surface area contributed by atoms with E-state index in [2.05, 4.69) is 12.2 Å². The van der Waals surface area contributed by atoms with Crippen molar-refractivity contribution in [1.29, 1.82) is 5.26 Å². The number of nitrogens with zero attached hydrogens (tertiary/aromatic N) is 1. The molecule has 1 aromatic rings. The van der Waals surface area contributed by atoms with Crippen molar-refractivity contribution in [3.8, 4) is 11.8 Å². The van der Waals surface area contributed by atoms with Gasteiger partial charge < -0.3 is 10.1 Å². The lowest BCUT2D eigenvalue weighted by molar-refractivity contribution is 0.360. The first-order valence-corrected chi connectivity index (χ1v) is 6.58. The van der Waals surface area contributed by atoms with Crippen LogP contribution in [-0.4, -0.2) is 13.2 Å². The van der Waals surface area contributed by atoms with Crippen molar-refractivity contribution in [2.45, 2.75) is 32.7 Å². The second-order valence-electron chi connectivity index (χ2n) is 5.01. The van der Waals surface area contributed by atoms with Crippen LogP contribution in [0.4, 0.5) is 0 Å². The highest BCUT2D eigenvalue weighted by molar-refractivity contribution is 5.33. The second-order valence-corrected chi connectivity index (χ2v) is 5.01. The molecule has 0 unspecified atom stereocenters. The maximum atomic E-state index is 8.55. The van der Waals surface area contributed by atoms with Crippen molar-refractivity contribution < 1.29 is 4.74 Å². The zero-order chi connectivity index (χ0) is 12.8. The molecule has 1 aliphatic rings. The molecule has 3 heteroatoms. The summed E-state index contributed by atoms with van der Waals surface area (Å²) in [5.41, 5.74) is 1.68. The summed E-state index contributed by atoms with van der Waals surface area (Å²) in [6.45, 7) is 4.26. The SMILES string of the molecule is CCC1(CNCc2ccccc2OCC#N)CC1. The molecular weight excluding hydrogens is 224 g/mol. The minimum absolute atomic E-state index is 0.107. The van der Waals surface area contributed by atoms with Crippen LogP contribution in [0.5, 0.6) is 5.75 Å². The molecule has 0 spiro atoms. The van der Waals surface area contributed by atoms with Crippen LogP contribution in [-0.2, 0) is 6.54 Å². The number of ether oxygens (including phenoxy) is 1. The number of rotatable bonds is 7. The Morgan fingerprint density at radius 2 is 2.17 bits per heavy atom. The summed E-state index contributed by atoms with van der Waals surface area (Å²) in [5.74, 6) is 0.813. The third-order valence-corrected chi connectivity index (χ3v) is 3.79. The van der Waals surface area contributed by atoms with Crippen molar-refractivity contribution in [2.75, 3.05) is 13.2 Å². The van der Waals surface area contributed by atoms with Gasteiger partial charge >= 0.3 is 0 Å². The van der Waals surface area contributed by atoms with Crippen LogP contribution in [0.25, 0.3) is 0 Å². The summed E-state index contributed by atoms with van der Waals surface area (Å²) < 4.78 is 5.41. The molecule has 0 aromatic heterocycles. The third-order valence-electron chi connectivity index (χ3n) is 3.79. The Hall–Kier alpha value is -1.53. The van der Waals surface area contributed by atoms with E-state index in [1.807, 2.05) is 30.3 Å². The van der Waals surface area contributed by atoms with Crippen LogP contribution in [0.15, 0.2) is 24.3 Å². The Bertz CT molecular complexity index is 432. The van der Waals surface area contributed by atoms with E-state index < -0.39 is 0 Å². The van der Waals surface area contributed by atoms with Crippen LogP contribution >= 0.6 is 0 Å². The molecule has 0 amide bonds. The van der Waals surface area contributed by atoms with Gasteiger partial charge in [0.15, 0.2) is 6.61 Å². The summed E-state index contributed by atoms with van der Waals surface area (Å²) in [6.07, 6.45) is 3.96. The monoisotopic (exact) mass is 244 g/mol. The minimum Gasteiger partial charge on any atom is -0.478 e. The predicted molar refractivity (Wildman–Crippen MR) is 71.2 cm³/mol. The predicted octanol–water partition coefficient (Wildman–Crippen LogP) is 2.87. The zero-order valence-corrected chi connectivity index (χ0v) is 10.9. The van der Waals surface area contributed by atoms with Crippen LogP contribution in [0.3, 0.4) is 0 Å². The van der Waals surface area contributed by atoms with Crippen LogP contribution in [0.2, 0.25) is 0 Å². The lowest BCUT2D eigenvalue weighted by atomic mass is 10.0. The Morgan fingerprint density at radius 3 is 2.83 bits per heavy atom. The molecule has 1 aromatic carbocycles. The van der Waals surface area contributed by atoms with E-state index in [4.69, 9.17) is 10.00 Å². The lowest BCUT2D eigenvalue weighted by Gasteiger charge is -2.15. The maximum absolute atomic E-state index is 8.55. The lowest BCUT2D eigenvalue weighted by Crippen LogP contribution is -2.23. The normalized spacial score (nSPS) is 16.0. The van der Waals surface area contributed by atoms with Gasteiger partial charge in [-0.2, -0.15) is 5.26 Å². The van der Waals surface area contributed by atoms with Crippen LogP contribution in [0, 0.1) is 16.7 Å². The standard InChI is InChI=1S/C15H20N2O/c1-2-15(7-8-15)12-17-11-13-5-3-4-6-14(13)18-10-9-16/h3-6,17H,2,7-8,10-12H2,1H3. The molecule has 0 bridgehead atoms. The Balaban J connectivity index is 1.86. The van der Waals surface area contributed by atoms with Gasteiger partial charge in [0.1, 0.15) is 11.8 Å². The summed E-state index contributed by atoms with van der Waals surface area (Å²) in [7, 11) is 0. The van der Waals surface area contributed by atoms with Gasteiger partial charge in [-0.15, -0.1) is 0 Å². The molecule has 3 nitrogen and oxygen atoms in total. The fraction of sp³-hybridized carbons (Fsp3) is 0.533. The van der Waals surface area contributed by atoms with E-state index >= 15 is 0 Å². The molecule has 0 radical (unpaired) electrons. The zero-order valence-electron chi connectivity index (χ0n) is 10.9. The van der Waals surface area contributed by atoms with Gasteiger partial charge in [-0.25, -0.2) is 0 Å². The van der Waals surface area contributed by atoms with Crippen molar-refractivity contribution in [2.24, 2.45) is 5.41 Å². The summed E-state index contributed by atoms with van der Waals surface area (Å²) in [6, 6.07) is 9.90. The second kappa shape index (κ2) is 5.88. The average Bonchev–Trinajstić information content (AvgIpc) is 3.18. The molecular formula is C15H20N2O. The summed E-state index contributed by atoms with van der Waals surface area (Å²) in [5, 5.41) is 12.1. The Kier molecular flexibility index (Phi) is 4.22. The maximum Gasteiger partial charge on any atom is 0.174 e. The van der Waals surface area contributed by atoms with Gasteiger partial charge in [-0.05, 0) is 30.7 Å². The molecule has 0 saturated heterocycles. The third kappa shape index (κ3) is 3.24. The van der Waals surface area contributed by atoms with E-state index in [0.29, 0.717) is 5.41 Å². The molecule has 1 saturated carbocycles. The highest BCUT2D eigenvalue weighted by Crippen LogP contribution is 2.47. The van der Waals surface area contributed by atoms with Gasteiger partial charge in [0.05, 0.1) is 0 Å². The first-order chi connectivity index (χ1) is 8.79. The van der Waals surface area contributed by atoms with E-state index in [1.165, 1.54) is 19.3 Å². The van der Waals surface area contributed by atoms with Crippen LogP contribution in [0.1, 0.15) is 31.7 Å². The molecule has 0 heterocycles. The molecule has 18 heavy (non-hydrogen) atoms. The van der Waals surface area contributed by atoms with Crippen molar-refractivity contribution >= 4 is 0 Å². The van der Waals surface area contributed by atoms with E-state index in [9.17, 15) is 0 Å². The number of para-hydroxylation sites is 1. The molecule has 1 N–H and O–H groups in total. The number of hydrogen-bond acceptors (Lipinski definition) is 3. The summed E-state index contributed by atoms with van der Waals surface area (Å²) in [4.78, 5) is 0. The van der Waals surface area contributed by atoms with Gasteiger partial charge in [0, 0.05) is 18.7 Å². The summed E-state index contributed by atoms with van der Waals surface area (Å²) >= 11 is 0. The topological polar surface area (TPSA) is 45.0 Å². The first-order valence-electron chi connectivity index (χ1n) is 6.58. The number of nitrogens with one attached hydrogen (secondary N) is 1. The highest BCUT2D eigenvalue weighted by atomic mass is 16.5. The van der Waals surface area contributed by atoms with Gasteiger partial charge in [0.2, 0.25) is 0 Å². The molecule has 1 aliphatic carbocycles. The number of nitriles is 1. The number of hydrogen-bond donors (Lipinski definition) is 1. The fourth-order valence-corrected chi connectivity index (χ4v) is 2.20. The van der Waals surface area contributed by atoms with E-state index in [-0.39, 0.29) is 6.61 Å². The van der Waals surface area contributed by atoms with E-state index in [0.717, 1.165) is 24.4 Å². The minimum atomic E-state index is 0.107. The van der Waals surface area contributed by atoms with Crippen molar-refractivity contribution in [1.82, 2.24) is 5.32 Å². The molecule has 0 aliphatic heterocycles.